The van der Waals surface area contributed by atoms with Gasteiger partial charge in [-0.25, -0.2) is 4.98 Å². The van der Waals surface area contributed by atoms with Gasteiger partial charge in [0.2, 0.25) is 5.91 Å². The van der Waals surface area contributed by atoms with Crippen LogP contribution in [0.25, 0.3) is 22.4 Å². The molecule has 0 radical (unpaired) electrons. The Balaban J connectivity index is 1.64. The number of nitrogens with zero attached hydrogens (tertiary/aromatic N) is 2. The van der Waals surface area contributed by atoms with E-state index in [9.17, 15) is 9.90 Å². The van der Waals surface area contributed by atoms with E-state index < -0.39 is 12.0 Å². The van der Waals surface area contributed by atoms with Crippen LogP contribution in [-0.2, 0) is 0 Å². The number of imidazole rings is 1. The second-order valence-electron chi connectivity index (χ2n) is 5.99. The number of amides is 1. The number of aromatic amines is 1. The number of carbonyl (C=O) groups excluding carboxylic acids is 1. The molecule has 2 aromatic carbocycles. The normalized spacial score (nSPS) is 12.2. The predicted octanol–water partition coefficient (Wildman–Crippen LogP) is 2.81. The van der Waals surface area contributed by atoms with Gasteiger partial charge in [0.1, 0.15) is 11.9 Å². The van der Waals surface area contributed by atoms with Crippen molar-refractivity contribution in [2.24, 2.45) is 5.73 Å². The Kier molecular flexibility index (Phi) is 3.95. The predicted molar refractivity (Wildman–Crippen MR) is 98.3 cm³/mol. The second-order valence-corrected chi connectivity index (χ2v) is 5.99. The van der Waals surface area contributed by atoms with E-state index >= 15 is 0 Å². The van der Waals surface area contributed by atoms with Crippen LogP contribution in [0.15, 0.2) is 67.0 Å². The molecule has 0 saturated carbocycles. The molecule has 4 rings (SSSR count). The molecular weight excluding hydrogens is 328 g/mol. The molecule has 2 heterocycles. The van der Waals surface area contributed by atoms with Crippen molar-refractivity contribution in [3.05, 3.63) is 83.7 Å². The lowest BCUT2D eigenvalue weighted by Gasteiger charge is -2.11. The van der Waals surface area contributed by atoms with Gasteiger partial charge in [0.05, 0.1) is 11.0 Å². The highest BCUT2D eigenvalue weighted by molar-refractivity contribution is 5.96. The van der Waals surface area contributed by atoms with Gasteiger partial charge in [-0.2, -0.15) is 0 Å². The van der Waals surface area contributed by atoms with Gasteiger partial charge >= 0.3 is 0 Å². The summed E-state index contributed by atoms with van der Waals surface area (Å²) >= 11 is 0. The topological polar surface area (TPSA) is 105 Å². The fourth-order valence-electron chi connectivity index (χ4n) is 2.86. The molecule has 6 heteroatoms. The number of hydrogen-bond donors (Lipinski definition) is 3. The van der Waals surface area contributed by atoms with Crippen LogP contribution >= 0.6 is 0 Å². The highest BCUT2D eigenvalue weighted by Crippen LogP contribution is 2.25. The van der Waals surface area contributed by atoms with Crippen molar-refractivity contribution in [3.63, 3.8) is 0 Å². The van der Waals surface area contributed by atoms with Crippen molar-refractivity contribution in [2.75, 3.05) is 0 Å². The van der Waals surface area contributed by atoms with Crippen molar-refractivity contribution < 1.29 is 9.90 Å². The number of pyridine rings is 1. The van der Waals surface area contributed by atoms with Crippen molar-refractivity contribution >= 4 is 16.9 Å². The number of rotatable bonds is 4. The van der Waals surface area contributed by atoms with E-state index in [0.717, 1.165) is 27.7 Å². The minimum absolute atomic E-state index is 0.434. The summed E-state index contributed by atoms with van der Waals surface area (Å²) in [5.41, 5.74) is 9.71. The Morgan fingerprint density at radius 1 is 1.00 bits per heavy atom. The summed E-state index contributed by atoms with van der Waals surface area (Å²) in [6.45, 7) is 0. The monoisotopic (exact) mass is 344 g/mol. The number of aliphatic hydroxyl groups is 1. The number of hydrogen-bond acceptors (Lipinski definition) is 4. The summed E-state index contributed by atoms with van der Waals surface area (Å²) in [4.78, 5) is 23.0. The van der Waals surface area contributed by atoms with Gasteiger partial charge in [-0.1, -0.05) is 24.3 Å². The Morgan fingerprint density at radius 2 is 1.69 bits per heavy atom. The van der Waals surface area contributed by atoms with Gasteiger partial charge in [0.25, 0.3) is 0 Å². The first-order chi connectivity index (χ1) is 12.6. The van der Waals surface area contributed by atoms with E-state index in [0.29, 0.717) is 11.4 Å². The number of nitrogens with one attached hydrogen (secondary N) is 1. The number of aromatic nitrogens is 3. The SMILES string of the molecule is NC(=O)c1ccc2nc(-c3ccc(C(O)c4ccncc4)cc3)[nH]c2c1. The molecule has 2 aromatic heterocycles. The van der Waals surface area contributed by atoms with Gasteiger partial charge in [-0.05, 0) is 41.5 Å². The van der Waals surface area contributed by atoms with Crippen molar-refractivity contribution in [1.82, 2.24) is 15.0 Å². The molecule has 128 valence electrons. The zero-order valence-corrected chi connectivity index (χ0v) is 13.8. The summed E-state index contributed by atoms with van der Waals surface area (Å²) < 4.78 is 0. The quantitative estimate of drug-likeness (QED) is 0.529. The standard InChI is InChI=1S/C20H16N4O2/c21-19(26)15-5-6-16-17(11-15)24-20(23-16)14-3-1-12(2-4-14)18(25)13-7-9-22-10-8-13/h1-11,18,25H,(H2,21,26)(H,23,24). The van der Waals surface area contributed by atoms with Gasteiger partial charge < -0.3 is 15.8 Å². The van der Waals surface area contributed by atoms with Gasteiger partial charge in [-0.15, -0.1) is 0 Å². The van der Waals surface area contributed by atoms with Crippen molar-refractivity contribution in [3.8, 4) is 11.4 Å². The largest absolute Gasteiger partial charge is 0.384 e. The summed E-state index contributed by atoms with van der Waals surface area (Å²) in [7, 11) is 0. The van der Waals surface area contributed by atoms with Crippen LogP contribution in [-0.4, -0.2) is 26.0 Å². The van der Waals surface area contributed by atoms with Crippen LogP contribution in [0, 0.1) is 0 Å². The highest BCUT2D eigenvalue weighted by Gasteiger charge is 2.12. The average molecular weight is 344 g/mol. The maximum Gasteiger partial charge on any atom is 0.248 e. The van der Waals surface area contributed by atoms with E-state index in [1.54, 1.807) is 42.7 Å². The molecule has 1 atom stereocenters. The molecular formula is C20H16N4O2. The van der Waals surface area contributed by atoms with E-state index in [4.69, 9.17) is 5.73 Å². The minimum Gasteiger partial charge on any atom is -0.384 e. The molecule has 0 aliphatic rings. The third-order valence-corrected chi connectivity index (χ3v) is 4.29. The first-order valence-electron chi connectivity index (χ1n) is 8.10. The van der Waals surface area contributed by atoms with Crippen LogP contribution in [0.2, 0.25) is 0 Å². The van der Waals surface area contributed by atoms with E-state index in [1.165, 1.54) is 0 Å². The van der Waals surface area contributed by atoms with E-state index in [2.05, 4.69) is 15.0 Å². The van der Waals surface area contributed by atoms with Gasteiger partial charge in [0, 0.05) is 23.5 Å². The summed E-state index contributed by atoms with van der Waals surface area (Å²) in [6, 6.07) is 16.2. The Labute approximate surface area is 149 Å². The van der Waals surface area contributed by atoms with Crippen LogP contribution < -0.4 is 5.73 Å². The molecule has 0 aliphatic carbocycles. The Bertz CT molecular complexity index is 1070. The number of aliphatic hydroxyl groups excluding tert-OH is 1. The second kappa shape index (κ2) is 6.42. The summed E-state index contributed by atoms with van der Waals surface area (Å²) in [5.74, 6) is 0.212. The lowest BCUT2D eigenvalue weighted by molar-refractivity contribution is 0.100. The first-order valence-corrected chi connectivity index (χ1v) is 8.10. The number of primary amides is 1. The molecule has 4 aromatic rings. The molecule has 0 spiro atoms. The smallest absolute Gasteiger partial charge is 0.248 e. The van der Waals surface area contributed by atoms with Crippen LogP contribution in [0.4, 0.5) is 0 Å². The minimum atomic E-state index is -0.708. The number of fused-ring (bicyclic) bond motifs is 1. The van der Waals surface area contributed by atoms with E-state index in [-0.39, 0.29) is 0 Å². The molecule has 4 N–H and O–H groups in total. The molecule has 6 nitrogen and oxygen atoms in total. The molecule has 1 amide bonds. The van der Waals surface area contributed by atoms with Gasteiger partial charge in [0.15, 0.2) is 0 Å². The highest BCUT2D eigenvalue weighted by atomic mass is 16.3. The fourth-order valence-corrected chi connectivity index (χ4v) is 2.86. The lowest BCUT2D eigenvalue weighted by atomic mass is 10.0. The number of nitrogens with two attached hydrogens (primary N) is 1. The average Bonchev–Trinajstić information content (AvgIpc) is 3.11. The zero-order chi connectivity index (χ0) is 18.1. The maximum absolute atomic E-state index is 11.3. The number of benzene rings is 2. The van der Waals surface area contributed by atoms with E-state index in [1.807, 2.05) is 24.3 Å². The van der Waals surface area contributed by atoms with Crippen LogP contribution in [0.5, 0.6) is 0 Å². The molecule has 1 unspecified atom stereocenters. The summed E-state index contributed by atoms with van der Waals surface area (Å²) in [5, 5.41) is 10.5. The molecule has 0 bridgehead atoms. The molecule has 26 heavy (non-hydrogen) atoms. The lowest BCUT2D eigenvalue weighted by Crippen LogP contribution is -2.10. The maximum atomic E-state index is 11.3. The van der Waals surface area contributed by atoms with Crippen LogP contribution in [0.3, 0.4) is 0 Å². The zero-order valence-electron chi connectivity index (χ0n) is 13.8. The Hall–Kier alpha value is -3.51. The van der Waals surface area contributed by atoms with Crippen molar-refractivity contribution in [2.45, 2.75) is 6.10 Å². The third-order valence-electron chi connectivity index (χ3n) is 4.29. The Morgan fingerprint density at radius 3 is 2.38 bits per heavy atom. The van der Waals surface area contributed by atoms with Crippen LogP contribution in [0.1, 0.15) is 27.6 Å². The summed E-state index contributed by atoms with van der Waals surface area (Å²) in [6.07, 6.45) is 2.60. The molecule has 0 fully saturated rings. The molecule has 0 aliphatic heterocycles. The first kappa shape index (κ1) is 16.0. The van der Waals surface area contributed by atoms with Crippen molar-refractivity contribution in [1.29, 1.82) is 0 Å². The third kappa shape index (κ3) is 2.94. The fraction of sp³-hybridized carbons (Fsp3) is 0.0500. The van der Waals surface area contributed by atoms with Gasteiger partial charge in [-0.3, -0.25) is 9.78 Å². The molecule has 0 saturated heterocycles. The number of carbonyl (C=O) groups is 1. The number of H-pyrrole nitrogens is 1.